The Morgan fingerprint density at radius 1 is 1.42 bits per heavy atom. The van der Waals surface area contributed by atoms with Crippen LogP contribution in [0.5, 0.6) is 0 Å². The highest BCUT2D eigenvalue weighted by Gasteiger charge is 2.16. The molecule has 0 spiro atoms. The van der Waals surface area contributed by atoms with Crippen molar-refractivity contribution in [2.75, 3.05) is 0 Å². The summed E-state index contributed by atoms with van der Waals surface area (Å²) in [5.41, 5.74) is 0.335. The zero-order chi connectivity index (χ0) is 9.19. The molecule has 0 radical (unpaired) electrons. The smallest absolute Gasteiger partial charge is 0.144 e. The van der Waals surface area contributed by atoms with Crippen LogP contribution in [0, 0.1) is 11.3 Å². The van der Waals surface area contributed by atoms with Crippen LogP contribution in [-0.4, -0.2) is 9.97 Å². The number of nitrogens with zero attached hydrogens (tertiary/aromatic N) is 3. The van der Waals surface area contributed by atoms with Crippen molar-refractivity contribution in [2.24, 2.45) is 0 Å². The Labute approximate surface area is 72.1 Å². The van der Waals surface area contributed by atoms with Gasteiger partial charge >= 0.3 is 0 Å². The van der Waals surface area contributed by atoms with E-state index in [-0.39, 0.29) is 5.41 Å². The van der Waals surface area contributed by atoms with Gasteiger partial charge in [0.15, 0.2) is 0 Å². The first-order valence-corrected chi connectivity index (χ1v) is 3.77. The normalized spacial score (nSPS) is 10.8. The lowest BCUT2D eigenvalue weighted by molar-refractivity contribution is 0.544. The number of rotatable bonds is 0. The number of aromatic nitrogens is 2. The van der Waals surface area contributed by atoms with E-state index in [1.807, 2.05) is 26.8 Å². The van der Waals surface area contributed by atoms with Gasteiger partial charge in [0.1, 0.15) is 17.6 Å². The first-order chi connectivity index (χ1) is 5.54. The Morgan fingerprint density at radius 2 is 2.08 bits per heavy atom. The molecule has 0 saturated carbocycles. The fraction of sp³-hybridized carbons (Fsp3) is 0.444. The van der Waals surface area contributed by atoms with Crippen molar-refractivity contribution in [3.63, 3.8) is 0 Å². The van der Waals surface area contributed by atoms with Crippen LogP contribution in [-0.2, 0) is 5.41 Å². The third kappa shape index (κ3) is 1.79. The van der Waals surface area contributed by atoms with Crippen LogP contribution in [0.4, 0.5) is 0 Å². The molecular weight excluding hydrogens is 150 g/mol. The molecule has 0 atom stereocenters. The maximum atomic E-state index is 8.59. The van der Waals surface area contributed by atoms with Crippen molar-refractivity contribution in [3.8, 4) is 6.07 Å². The van der Waals surface area contributed by atoms with Crippen molar-refractivity contribution in [1.29, 1.82) is 5.26 Å². The summed E-state index contributed by atoms with van der Waals surface area (Å²) in [7, 11) is 0. The highest BCUT2D eigenvalue weighted by atomic mass is 14.9. The second kappa shape index (κ2) is 2.90. The molecule has 0 N–H and O–H groups in total. The Hall–Kier alpha value is -1.43. The Kier molecular flexibility index (Phi) is 2.09. The highest BCUT2D eigenvalue weighted by molar-refractivity contribution is 5.19. The van der Waals surface area contributed by atoms with E-state index >= 15 is 0 Å². The summed E-state index contributed by atoms with van der Waals surface area (Å²) in [6.07, 6.45) is 1.62. The van der Waals surface area contributed by atoms with E-state index in [4.69, 9.17) is 5.26 Å². The van der Waals surface area contributed by atoms with Crippen LogP contribution in [0.15, 0.2) is 12.3 Å². The Morgan fingerprint density at radius 3 is 2.58 bits per heavy atom. The Balaban J connectivity index is 3.13. The molecule has 0 aliphatic heterocycles. The average molecular weight is 161 g/mol. The minimum Gasteiger partial charge on any atom is -0.241 e. The lowest BCUT2D eigenvalue weighted by Gasteiger charge is -2.15. The van der Waals surface area contributed by atoms with E-state index < -0.39 is 0 Å². The van der Waals surface area contributed by atoms with Crippen LogP contribution >= 0.6 is 0 Å². The first kappa shape index (κ1) is 8.66. The molecular formula is C9H11N3. The quantitative estimate of drug-likeness (QED) is 0.581. The van der Waals surface area contributed by atoms with Gasteiger partial charge in [-0.15, -0.1) is 0 Å². The molecule has 3 heteroatoms. The lowest BCUT2D eigenvalue weighted by Crippen LogP contribution is -2.16. The van der Waals surface area contributed by atoms with Gasteiger partial charge in [-0.3, -0.25) is 0 Å². The maximum absolute atomic E-state index is 8.59. The molecule has 0 saturated heterocycles. The van der Waals surface area contributed by atoms with Gasteiger partial charge in [-0.2, -0.15) is 5.26 Å². The maximum Gasteiger partial charge on any atom is 0.144 e. The SMILES string of the molecule is CC(C)(C)c1nccc(C#N)n1. The van der Waals surface area contributed by atoms with E-state index in [0.29, 0.717) is 11.5 Å². The lowest BCUT2D eigenvalue weighted by atomic mass is 9.96. The van der Waals surface area contributed by atoms with Crippen LogP contribution in [0.1, 0.15) is 32.3 Å². The standard InChI is InChI=1S/C9H11N3/c1-9(2,3)8-11-5-4-7(6-10)12-8/h4-5H,1-3H3. The van der Waals surface area contributed by atoms with E-state index in [1.165, 1.54) is 0 Å². The zero-order valence-corrected chi connectivity index (χ0v) is 7.50. The predicted molar refractivity (Wildman–Crippen MR) is 45.4 cm³/mol. The van der Waals surface area contributed by atoms with Crippen molar-refractivity contribution in [1.82, 2.24) is 9.97 Å². The van der Waals surface area contributed by atoms with Crippen LogP contribution < -0.4 is 0 Å². The minimum absolute atomic E-state index is 0.0904. The molecule has 1 heterocycles. The molecule has 3 nitrogen and oxygen atoms in total. The molecule has 1 rings (SSSR count). The van der Waals surface area contributed by atoms with Gasteiger partial charge in [0.25, 0.3) is 0 Å². The minimum atomic E-state index is -0.0904. The highest BCUT2D eigenvalue weighted by Crippen LogP contribution is 2.16. The zero-order valence-electron chi connectivity index (χ0n) is 7.50. The first-order valence-electron chi connectivity index (χ1n) is 3.77. The molecule has 1 aromatic heterocycles. The average Bonchev–Trinajstić information content (AvgIpc) is 2.03. The van der Waals surface area contributed by atoms with Gasteiger partial charge in [0, 0.05) is 11.6 Å². The number of nitriles is 1. The number of hydrogen-bond donors (Lipinski definition) is 0. The van der Waals surface area contributed by atoms with Gasteiger partial charge < -0.3 is 0 Å². The topological polar surface area (TPSA) is 49.6 Å². The monoisotopic (exact) mass is 161 g/mol. The molecule has 0 aromatic carbocycles. The molecule has 0 amide bonds. The van der Waals surface area contributed by atoms with E-state index in [1.54, 1.807) is 12.3 Å². The molecule has 1 aromatic rings. The van der Waals surface area contributed by atoms with Gasteiger partial charge in [-0.1, -0.05) is 20.8 Å². The van der Waals surface area contributed by atoms with Crippen molar-refractivity contribution >= 4 is 0 Å². The van der Waals surface area contributed by atoms with E-state index in [9.17, 15) is 0 Å². The summed E-state index contributed by atoms with van der Waals surface area (Å²) in [5, 5.41) is 8.59. The summed E-state index contributed by atoms with van der Waals surface area (Å²) < 4.78 is 0. The summed E-state index contributed by atoms with van der Waals surface area (Å²) in [5.74, 6) is 0.710. The largest absolute Gasteiger partial charge is 0.241 e. The predicted octanol–water partition coefficient (Wildman–Crippen LogP) is 1.65. The molecule has 0 aliphatic carbocycles. The molecule has 0 aliphatic rings. The molecule has 0 fully saturated rings. The van der Waals surface area contributed by atoms with E-state index in [0.717, 1.165) is 0 Å². The fourth-order valence-electron chi connectivity index (χ4n) is 0.782. The molecule has 62 valence electrons. The van der Waals surface area contributed by atoms with Gasteiger partial charge in [-0.25, -0.2) is 9.97 Å². The summed E-state index contributed by atoms with van der Waals surface area (Å²) in [6, 6.07) is 3.59. The van der Waals surface area contributed by atoms with Gasteiger partial charge in [0.2, 0.25) is 0 Å². The fourth-order valence-corrected chi connectivity index (χ4v) is 0.782. The molecule has 12 heavy (non-hydrogen) atoms. The summed E-state index contributed by atoms with van der Waals surface area (Å²) in [6.45, 7) is 6.05. The number of hydrogen-bond acceptors (Lipinski definition) is 3. The van der Waals surface area contributed by atoms with E-state index in [2.05, 4.69) is 9.97 Å². The van der Waals surface area contributed by atoms with Crippen molar-refractivity contribution in [2.45, 2.75) is 26.2 Å². The summed E-state index contributed by atoms with van der Waals surface area (Å²) in [4.78, 5) is 8.19. The second-order valence-corrected chi connectivity index (χ2v) is 3.63. The van der Waals surface area contributed by atoms with Crippen molar-refractivity contribution < 1.29 is 0 Å². The van der Waals surface area contributed by atoms with Crippen LogP contribution in [0.2, 0.25) is 0 Å². The Bertz CT molecular complexity index is 317. The molecule has 0 bridgehead atoms. The van der Waals surface area contributed by atoms with Crippen LogP contribution in [0.25, 0.3) is 0 Å². The van der Waals surface area contributed by atoms with Crippen LogP contribution in [0.3, 0.4) is 0 Å². The third-order valence-electron chi connectivity index (χ3n) is 1.44. The third-order valence-corrected chi connectivity index (χ3v) is 1.44. The van der Waals surface area contributed by atoms with Gasteiger partial charge in [0.05, 0.1) is 0 Å². The van der Waals surface area contributed by atoms with Gasteiger partial charge in [-0.05, 0) is 6.07 Å². The van der Waals surface area contributed by atoms with Crippen molar-refractivity contribution in [3.05, 3.63) is 23.8 Å². The molecule has 0 unspecified atom stereocenters. The second-order valence-electron chi connectivity index (χ2n) is 3.63. The summed E-state index contributed by atoms with van der Waals surface area (Å²) >= 11 is 0.